The molecule has 0 saturated heterocycles. The third-order valence-electron chi connectivity index (χ3n) is 2.36. The van der Waals surface area contributed by atoms with E-state index < -0.39 is 0 Å². The van der Waals surface area contributed by atoms with Gasteiger partial charge in [0.1, 0.15) is 5.78 Å². The van der Waals surface area contributed by atoms with Crippen LogP contribution in [0.15, 0.2) is 24.3 Å². The fourth-order valence-electron chi connectivity index (χ4n) is 1.62. The van der Waals surface area contributed by atoms with E-state index in [0.717, 1.165) is 12.8 Å². The lowest BCUT2D eigenvalue weighted by atomic mass is 9.71. The average Bonchev–Trinajstić information content (AvgIpc) is 2.09. The summed E-state index contributed by atoms with van der Waals surface area (Å²) in [6.45, 7) is 0. The van der Waals surface area contributed by atoms with Crippen LogP contribution in [0.2, 0.25) is 0 Å². The van der Waals surface area contributed by atoms with Crippen LogP contribution in [0.4, 0.5) is 0 Å². The molecule has 0 aromatic heterocycles. The van der Waals surface area contributed by atoms with E-state index in [2.05, 4.69) is 18.2 Å². The summed E-state index contributed by atoms with van der Waals surface area (Å²) in [5.74, 6) is 1.33. The molecular formula is C9H10O. The first-order valence-electron chi connectivity index (χ1n) is 3.74. The van der Waals surface area contributed by atoms with Gasteiger partial charge in [-0.25, -0.2) is 0 Å². The molecular weight excluding hydrogens is 124 g/mol. The Labute approximate surface area is 60.4 Å². The average molecular weight is 134 g/mol. The number of hydrogen-bond donors (Lipinski definition) is 0. The highest BCUT2D eigenvalue weighted by molar-refractivity contribution is 5.88. The Morgan fingerprint density at radius 3 is 3.10 bits per heavy atom. The first kappa shape index (κ1) is 5.90. The molecule has 2 atom stereocenters. The molecule has 1 heteroatoms. The zero-order chi connectivity index (χ0) is 6.97. The van der Waals surface area contributed by atoms with Crippen molar-refractivity contribution in [3.8, 4) is 0 Å². The van der Waals surface area contributed by atoms with Crippen molar-refractivity contribution in [2.45, 2.75) is 12.8 Å². The van der Waals surface area contributed by atoms with Crippen LogP contribution in [0.1, 0.15) is 12.8 Å². The summed E-state index contributed by atoms with van der Waals surface area (Å²) in [7, 11) is 0. The van der Waals surface area contributed by atoms with Gasteiger partial charge in [-0.2, -0.15) is 0 Å². The van der Waals surface area contributed by atoms with E-state index >= 15 is 0 Å². The first-order chi connectivity index (χ1) is 4.88. The van der Waals surface area contributed by atoms with E-state index in [4.69, 9.17) is 0 Å². The first-order valence-corrected chi connectivity index (χ1v) is 3.74. The number of fused-ring (bicyclic) bond motifs is 1. The standard InChI is InChI=1S/C9H10O/c10-9-6-7-4-2-1-3-5-8(7)9/h1-4,7-8H,5-6H2/t7-,8-/m1/s1. The number of ketones is 1. The monoisotopic (exact) mass is 134 g/mol. The molecule has 0 heterocycles. The van der Waals surface area contributed by atoms with E-state index in [0.29, 0.717) is 17.6 Å². The fraction of sp³-hybridized carbons (Fsp3) is 0.444. The van der Waals surface area contributed by atoms with Gasteiger partial charge in [-0.15, -0.1) is 0 Å². The number of rotatable bonds is 0. The Bertz CT molecular complexity index is 213. The number of hydrogen-bond acceptors (Lipinski definition) is 1. The topological polar surface area (TPSA) is 17.1 Å². The van der Waals surface area contributed by atoms with E-state index in [1.165, 1.54) is 0 Å². The molecule has 2 aliphatic carbocycles. The lowest BCUT2D eigenvalue weighted by Gasteiger charge is -2.31. The van der Waals surface area contributed by atoms with Gasteiger partial charge in [0.15, 0.2) is 0 Å². The van der Waals surface area contributed by atoms with Crippen molar-refractivity contribution in [1.29, 1.82) is 0 Å². The number of Topliss-reactive ketones (excluding diaryl/α,β-unsaturated/α-hetero) is 1. The molecule has 0 bridgehead atoms. The van der Waals surface area contributed by atoms with Gasteiger partial charge in [0.2, 0.25) is 0 Å². The highest BCUT2D eigenvalue weighted by atomic mass is 16.1. The third-order valence-corrected chi connectivity index (χ3v) is 2.36. The molecule has 0 N–H and O–H groups in total. The Kier molecular flexibility index (Phi) is 1.23. The quantitative estimate of drug-likeness (QED) is 0.493. The Morgan fingerprint density at radius 1 is 1.40 bits per heavy atom. The van der Waals surface area contributed by atoms with Crippen molar-refractivity contribution in [1.82, 2.24) is 0 Å². The summed E-state index contributed by atoms with van der Waals surface area (Å²) in [4.78, 5) is 10.9. The van der Waals surface area contributed by atoms with Crippen molar-refractivity contribution in [3.63, 3.8) is 0 Å². The Hall–Kier alpha value is -0.850. The minimum absolute atomic E-state index is 0.329. The molecule has 2 aliphatic rings. The smallest absolute Gasteiger partial charge is 0.137 e. The summed E-state index contributed by atoms with van der Waals surface area (Å²) in [6.07, 6.45) is 10.1. The lowest BCUT2D eigenvalue weighted by Crippen LogP contribution is -2.34. The van der Waals surface area contributed by atoms with Crippen LogP contribution in [0, 0.1) is 11.8 Å². The highest BCUT2D eigenvalue weighted by Crippen LogP contribution is 2.35. The van der Waals surface area contributed by atoms with Crippen molar-refractivity contribution >= 4 is 5.78 Å². The second-order valence-electron chi connectivity index (χ2n) is 2.99. The third kappa shape index (κ3) is 0.737. The molecule has 1 fully saturated rings. The molecule has 0 aliphatic heterocycles. The molecule has 1 nitrogen and oxygen atoms in total. The van der Waals surface area contributed by atoms with Gasteiger partial charge in [-0.1, -0.05) is 24.3 Å². The van der Waals surface area contributed by atoms with Gasteiger partial charge in [-0.3, -0.25) is 4.79 Å². The zero-order valence-electron chi connectivity index (χ0n) is 5.79. The van der Waals surface area contributed by atoms with Gasteiger partial charge in [-0.05, 0) is 12.3 Å². The largest absolute Gasteiger partial charge is 0.299 e. The molecule has 2 rings (SSSR count). The summed E-state index contributed by atoms with van der Waals surface area (Å²) >= 11 is 0. The van der Waals surface area contributed by atoms with Crippen LogP contribution in [0.25, 0.3) is 0 Å². The second kappa shape index (κ2) is 2.08. The molecule has 0 aromatic carbocycles. The normalized spacial score (nSPS) is 36.6. The maximum Gasteiger partial charge on any atom is 0.137 e. The van der Waals surface area contributed by atoms with Crippen molar-refractivity contribution in [3.05, 3.63) is 24.3 Å². The molecule has 10 heavy (non-hydrogen) atoms. The second-order valence-corrected chi connectivity index (χ2v) is 2.99. The van der Waals surface area contributed by atoms with Crippen LogP contribution in [0.3, 0.4) is 0 Å². The van der Waals surface area contributed by atoms with E-state index in [1.54, 1.807) is 0 Å². The summed E-state index contributed by atoms with van der Waals surface area (Å²) < 4.78 is 0. The number of carbonyl (C=O) groups is 1. The minimum Gasteiger partial charge on any atom is -0.299 e. The van der Waals surface area contributed by atoms with Crippen molar-refractivity contribution in [2.75, 3.05) is 0 Å². The van der Waals surface area contributed by atoms with Crippen LogP contribution < -0.4 is 0 Å². The van der Waals surface area contributed by atoms with Crippen molar-refractivity contribution < 1.29 is 4.79 Å². The molecule has 52 valence electrons. The van der Waals surface area contributed by atoms with Gasteiger partial charge >= 0.3 is 0 Å². The van der Waals surface area contributed by atoms with Gasteiger partial charge in [0, 0.05) is 12.3 Å². The predicted octanol–water partition coefficient (Wildman–Crippen LogP) is 1.71. The summed E-state index contributed by atoms with van der Waals surface area (Å²) in [5.41, 5.74) is 0. The van der Waals surface area contributed by atoms with Crippen molar-refractivity contribution in [2.24, 2.45) is 11.8 Å². The van der Waals surface area contributed by atoms with Gasteiger partial charge < -0.3 is 0 Å². The van der Waals surface area contributed by atoms with Crippen LogP contribution >= 0.6 is 0 Å². The van der Waals surface area contributed by atoms with Crippen LogP contribution in [-0.4, -0.2) is 5.78 Å². The molecule has 0 aromatic rings. The lowest BCUT2D eigenvalue weighted by molar-refractivity contribution is -0.132. The van der Waals surface area contributed by atoms with Crippen LogP contribution in [0.5, 0.6) is 0 Å². The molecule has 0 radical (unpaired) electrons. The summed E-state index contributed by atoms with van der Waals surface area (Å²) in [6, 6.07) is 0. The highest BCUT2D eigenvalue weighted by Gasteiger charge is 2.36. The maximum atomic E-state index is 10.9. The fourth-order valence-corrected chi connectivity index (χ4v) is 1.62. The Balaban J connectivity index is 2.16. The zero-order valence-corrected chi connectivity index (χ0v) is 5.79. The maximum absolute atomic E-state index is 10.9. The predicted molar refractivity (Wildman–Crippen MR) is 39.5 cm³/mol. The van der Waals surface area contributed by atoms with Gasteiger partial charge in [0.25, 0.3) is 0 Å². The van der Waals surface area contributed by atoms with E-state index in [1.807, 2.05) is 6.08 Å². The summed E-state index contributed by atoms with van der Waals surface area (Å²) in [5, 5.41) is 0. The van der Waals surface area contributed by atoms with Crippen LogP contribution in [-0.2, 0) is 4.79 Å². The molecule has 0 amide bonds. The number of allylic oxidation sites excluding steroid dienone is 4. The Morgan fingerprint density at radius 2 is 2.30 bits per heavy atom. The minimum atomic E-state index is 0.329. The van der Waals surface area contributed by atoms with E-state index in [-0.39, 0.29) is 0 Å². The molecule has 1 saturated carbocycles. The molecule has 0 unspecified atom stereocenters. The van der Waals surface area contributed by atoms with Gasteiger partial charge in [0.05, 0.1) is 0 Å². The SMILES string of the molecule is O=C1C[C@H]2C=CC=CC[C@@H]12. The van der Waals surface area contributed by atoms with E-state index in [9.17, 15) is 4.79 Å². The molecule has 0 spiro atoms. The number of carbonyl (C=O) groups excluding carboxylic acids is 1.